The normalized spacial score (nSPS) is 21.9. The van der Waals surface area contributed by atoms with Gasteiger partial charge in [0.05, 0.1) is 11.5 Å². The highest BCUT2D eigenvalue weighted by atomic mass is 19.1. The van der Waals surface area contributed by atoms with Crippen molar-refractivity contribution in [3.8, 4) is 0 Å². The number of halogens is 1. The first kappa shape index (κ1) is 28.1. The zero-order valence-corrected chi connectivity index (χ0v) is 22.7. The molecule has 3 atom stereocenters. The Labute approximate surface area is 227 Å². The Bertz CT molecular complexity index is 1280. The number of fused-ring (bicyclic) bond motifs is 1. The zero-order valence-electron chi connectivity index (χ0n) is 22.7. The maximum absolute atomic E-state index is 13.8. The highest BCUT2D eigenvalue weighted by Gasteiger charge is 2.47. The molecule has 2 aliphatic rings. The summed E-state index contributed by atoms with van der Waals surface area (Å²) in [5.41, 5.74) is 1.72. The molecule has 0 radical (unpaired) electrons. The molecule has 3 N–H and O–H groups in total. The van der Waals surface area contributed by atoms with E-state index in [4.69, 9.17) is 0 Å². The van der Waals surface area contributed by atoms with E-state index in [0.717, 1.165) is 17.5 Å². The minimum atomic E-state index is -1.49. The molecule has 208 valence electrons. The molecule has 0 saturated carbocycles. The van der Waals surface area contributed by atoms with Gasteiger partial charge < -0.3 is 20.6 Å². The zero-order chi connectivity index (χ0) is 28.5. The van der Waals surface area contributed by atoms with Crippen molar-refractivity contribution in [2.75, 3.05) is 18.9 Å². The second-order valence-electron chi connectivity index (χ2n) is 10.8. The van der Waals surface area contributed by atoms with Gasteiger partial charge in [0.25, 0.3) is 0 Å². The molecule has 0 aromatic heterocycles. The third-order valence-electron chi connectivity index (χ3n) is 8.06. The SMILES string of the molecule is CNC(=O)Nc1ccc2c(c1)CC[C@]2(C)C(=O)N(CC(=O)N1[C@@H](c2ccc(F)cc2)CC[C@H]1C(C)C)C(=O)O. The van der Waals surface area contributed by atoms with Crippen molar-refractivity contribution in [2.45, 2.75) is 64.0 Å². The van der Waals surface area contributed by atoms with E-state index in [1.807, 2.05) is 13.8 Å². The smallest absolute Gasteiger partial charge is 0.414 e. The summed E-state index contributed by atoms with van der Waals surface area (Å²) < 4.78 is 13.6. The number of benzene rings is 2. The number of anilines is 1. The van der Waals surface area contributed by atoms with Gasteiger partial charge in [0, 0.05) is 18.8 Å². The molecule has 1 saturated heterocycles. The minimum absolute atomic E-state index is 0.116. The Morgan fingerprint density at radius 3 is 2.44 bits per heavy atom. The lowest BCUT2D eigenvalue weighted by Crippen LogP contribution is -2.52. The van der Waals surface area contributed by atoms with Gasteiger partial charge in [-0.2, -0.15) is 0 Å². The lowest BCUT2D eigenvalue weighted by Gasteiger charge is -2.35. The molecule has 1 fully saturated rings. The van der Waals surface area contributed by atoms with Crippen LogP contribution in [0.1, 0.15) is 62.8 Å². The van der Waals surface area contributed by atoms with E-state index in [1.165, 1.54) is 19.2 Å². The number of carbonyl (C=O) groups excluding carboxylic acids is 3. The third-order valence-corrected chi connectivity index (χ3v) is 8.06. The number of carboxylic acid groups (broad SMARTS) is 1. The lowest BCUT2D eigenvalue weighted by molar-refractivity contribution is -0.143. The largest absolute Gasteiger partial charge is 0.465 e. The monoisotopic (exact) mass is 538 g/mol. The molecule has 2 aromatic carbocycles. The molecule has 2 aromatic rings. The van der Waals surface area contributed by atoms with Crippen molar-refractivity contribution in [3.05, 3.63) is 65.0 Å². The molecule has 1 aliphatic carbocycles. The molecule has 0 spiro atoms. The number of aryl methyl sites for hydroxylation is 1. The summed E-state index contributed by atoms with van der Waals surface area (Å²) in [4.78, 5) is 53.9. The van der Waals surface area contributed by atoms with Crippen molar-refractivity contribution in [2.24, 2.45) is 5.92 Å². The highest BCUT2D eigenvalue weighted by Crippen LogP contribution is 2.42. The number of rotatable bonds is 6. The predicted molar refractivity (Wildman–Crippen MR) is 144 cm³/mol. The summed E-state index contributed by atoms with van der Waals surface area (Å²) >= 11 is 0. The molecular weight excluding hydrogens is 503 g/mol. The van der Waals surface area contributed by atoms with E-state index < -0.39 is 29.9 Å². The molecule has 39 heavy (non-hydrogen) atoms. The van der Waals surface area contributed by atoms with Crippen LogP contribution < -0.4 is 10.6 Å². The number of nitrogens with one attached hydrogen (secondary N) is 2. The van der Waals surface area contributed by atoms with Gasteiger partial charge in [0.15, 0.2) is 0 Å². The topological polar surface area (TPSA) is 119 Å². The average Bonchev–Trinajstić information content (AvgIpc) is 3.49. The number of likely N-dealkylation sites (tertiary alicyclic amines) is 1. The van der Waals surface area contributed by atoms with Gasteiger partial charge in [-0.1, -0.05) is 32.0 Å². The molecule has 1 heterocycles. The van der Waals surface area contributed by atoms with Gasteiger partial charge in [-0.3, -0.25) is 9.59 Å². The van der Waals surface area contributed by atoms with E-state index in [0.29, 0.717) is 35.4 Å². The Balaban J connectivity index is 1.59. The van der Waals surface area contributed by atoms with Crippen LogP contribution in [0.25, 0.3) is 0 Å². The summed E-state index contributed by atoms with van der Waals surface area (Å²) in [7, 11) is 1.51. The molecule has 0 bridgehead atoms. The number of urea groups is 1. The quantitative estimate of drug-likeness (QED) is 0.494. The number of nitrogens with zero attached hydrogens (tertiary/aromatic N) is 2. The van der Waals surface area contributed by atoms with Crippen LogP contribution in [0.15, 0.2) is 42.5 Å². The molecule has 10 heteroatoms. The Morgan fingerprint density at radius 2 is 1.82 bits per heavy atom. The Hall–Kier alpha value is -3.95. The van der Waals surface area contributed by atoms with Crippen molar-refractivity contribution in [3.63, 3.8) is 0 Å². The van der Waals surface area contributed by atoms with Crippen LogP contribution in [0, 0.1) is 11.7 Å². The molecule has 9 nitrogen and oxygen atoms in total. The molecule has 5 amide bonds. The average molecular weight is 539 g/mol. The number of hydrogen-bond donors (Lipinski definition) is 3. The van der Waals surface area contributed by atoms with Crippen LogP contribution in [-0.4, -0.2) is 58.5 Å². The fraction of sp³-hybridized carbons (Fsp3) is 0.448. The maximum Gasteiger partial charge on any atom is 0.414 e. The number of carbonyl (C=O) groups is 4. The van der Waals surface area contributed by atoms with Crippen molar-refractivity contribution in [1.29, 1.82) is 0 Å². The van der Waals surface area contributed by atoms with E-state index in [9.17, 15) is 28.7 Å². The molecule has 1 aliphatic heterocycles. The number of imide groups is 1. The van der Waals surface area contributed by atoms with Crippen LogP contribution in [0.2, 0.25) is 0 Å². The number of amides is 5. The molecular formula is C29H35FN4O5. The van der Waals surface area contributed by atoms with Crippen molar-refractivity contribution < 1.29 is 28.7 Å². The van der Waals surface area contributed by atoms with E-state index in [1.54, 1.807) is 42.2 Å². The van der Waals surface area contributed by atoms with Crippen molar-refractivity contribution >= 4 is 29.6 Å². The first-order chi connectivity index (χ1) is 18.5. The summed E-state index contributed by atoms with van der Waals surface area (Å²) in [6, 6.07) is 10.3. The van der Waals surface area contributed by atoms with Gasteiger partial charge in [-0.15, -0.1) is 0 Å². The van der Waals surface area contributed by atoms with Crippen molar-refractivity contribution in [1.82, 2.24) is 15.1 Å². The van der Waals surface area contributed by atoms with Gasteiger partial charge in [-0.05, 0) is 79.5 Å². The lowest BCUT2D eigenvalue weighted by atomic mass is 9.82. The molecule has 4 rings (SSSR count). The number of hydrogen-bond acceptors (Lipinski definition) is 4. The summed E-state index contributed by atoms with van der Waals surface area (Å²) in [5.74, 6) is -1.37. The predicted octanol–water partition coefficient (Wildman–Crippen LogP) is 4.68. The van der Waals surface area contributed by atoms with Gasteiger partial charge >= 0.3 is 12.1 Å². The summed E-state index contributed by atoms with van der Waals surface area (Å²) in [6.07, 6.45) is 0.803. The fourth-order valence-electron chi connectivity index (χ4n) is 5.96. The Morgan fingerprint density at radius 1 is 1.13 bits per heavy atom. The van der Waals surface area contributed by atoms with E-state index >= 15 is 0 Å². The van der Waals surface area contributed by atoms with Gasteiger partial charge in [0.2, 0.25) is 11.8 Å². The summed E-state index contributed by atoms with van der Waals surface area (Å²) in [5, 5.41) is 15.2. The third kappa shape index (κ3) is 5.46. The van der Waals surface area contributed by atoms with Gasteiger partial charge in [0.1, 0.15) is 12.4 Å². The van der Waals surface area contributed by atoms with E-state index in [2.05, 4.69) is 10.6 Å². The fourth-order valence-corrected chi connectivity index (χ4v) is 5.96. The van der Waals surface area contributed by atoms with Gasteiger partial charge in [-0.25, -0.2) is 18.9 Å². The summed E-state index contributed by atoms with van der Waals surface area (Å²) in [6.45, 7) is 5.10. The minimum Gasteiger partial charge on any atom is -0.465 e. The van der Waals surface area contributed by atoms with Crippen LogP contribution in [0.3, 0.4) is 0 Å². The highest BCUT2D eigenvalue weighted by molar-refractivity contribution is 6.01. The van der Waals surface area contributed by atoms with E-state index in [-0.39, 0.29) is 29.8 Å². The van der Waals surface area contributed by atoms with Crippen LogP contribution in [0.5, 0.6) is 0 Å². The first-order valence-corrected chi connectivity index (χ1v) is 13.2. The van der Waals surface area contributed by atoms with Crippen LogP contribution in [-0.2, 0) is 21.4 Å². The first-order valence-electron chi connectivity index (χ1n) is 13.2. The standard InChI is InChI=1S/C29H35FN4O5/c1-17(2)23-11-12-24(18-5-7-20(30)8-6-18)34(23)25(35)16-33(28(38)39)26(36)29(3)14-13-19-15-21(9-10-22(19)29)32-27(37)31-4/h5-10,15,17,23-24H,11-14,16H2,1-4H3,(H,38,39)(H2,31,32,37)/t23-,24+,29-/m0/s1. The second-order valence-corrected chi connectivity index (χ2v) is 10.8. The maximum atomic E-state index is 13.8. The van der Waals surface area contributed by atoms with Crippen LogP contribution >= 0.6 is 0 Å². The van der Waals surface area contributed by atoms with Crippen LogP contribution in [0.4, 0.5) is 19.7 Å². The molecule has 0 unspecified atom stereocenters. The second kappa shape index (κ2) is 11.0. The Kier molecular flexibility index (Phi) is 7.94.